The van der Waals surface area contributed by atoms with Crippen LogP contribution in [0.4, 0.5) is 0 Å². The molecule has 0 heterocycles. The van der Waals surface area contributed by atoms with E-state index in [0.717, 1.165) is 34.8 Å². The molecule has 1 aliphatic carbocycles. The standard InChI is InChI=1S/C28H35NO4/c1-4-10-24(30)28-23(18-22(19-25(28)31)21-11-8-7-9-12-21)29-16-15-20-13-14-26(32-5-2)27(17-20)33-6-3/h7-9,11-14,17,22,30H,4-6,10,15-16,18-19H2,1-3H3/t22-/m0/s1. The van der Waals surface area contributed by atoms with E-state index in [1.165, 1.54) is 0 Å². The number of carbonyl (C=O) groups is 1. The van der Waals surface area contributed by atoms with Crippen LogP contribution in [0.25, 0.3) is 0 Å². The van der Waals surface area contributed by atoms with E-state index < -0.39 is 0 Å². The quantitative estimate of drug-likeness (QED) is 0.345. The van der Waals surface area contributed by atoms with Gasteiger partial charge >= 0.3 is 0 Å². The first-order valence-electron chi connectivity index (χ1n) is 12.0. The van der Waals surface area contributed by atoms with Crippen LogP contribution in [0.5, 0.6) is 11.5 Å². The summed E-state index contributed by atoms with van der Waals surface area (Å²) < 4.78 is 11.4. The van der Waals surface area contributed by atoms with E-state index in [1.54, 1.807) is 0 Å². The number of aliphatic hydroxyl groups excluding tert-OH is 1. The number of aliphatic hydroxyl groups is 1. The van der Waals surface area contributed by atoms with Crippen LogP contribution in [0, 0.1) is 0 Å². The number of rotatable bonds is 10. The maximum absolute atomic E-state index is 13.0. The fourth-order valence-electron chi connectivity index (χ4n) is 4.26. The maximum atomic E-state index is 13.0. The summed E-state index contributed by atoms with van der Waals surface area (Å²) in [6.07, 6.45) is 3.05. The predicted molar refractivity (Wildman–Crippen MR) is 133 cm³/mol. The van der Waals surface area contributed by atoms with Gasteiger partial charge in [-0.3, -0.25) is 9.79 Å². The molecule has 1 N–H and O–H groups in total. The third-order valence-electron chi connectivity index (χ3n) is 5.80. The topological polar surface area (TPSA) is 68.1 Å². The lowest BCUT2D eigenvalue weighted by Gasteiger charge is -2.26. The van der Waals surface area contributed by atoms with E-state index in [0.29, 0.717) is 51.0 Å². The normalized spacial score (nSPS) is 18.9. The largest absolute Gasteiger partial charge is 0.511 e. The number of Topliss-reactive ketones (excluding diaryl/α,β-unsaturated/α-hetero) is 1. The van der Waals surface area contributed by atoms with Crippen molar-refractivity contribution >= 4 is 11.5 Å². The van der Waals surface area contributed by atoms with Gasteiger partial charge in [0.2, 0.25) is 0 Å². The Hall–Kier alpha value is -3.08. The van der Waals surface area contributed by atoms with Gasteiger partial charge in [-0.05, 0) is 62.3 Å². The van der Waals surface area contributed by atoms with Crippen molar-refractivity contribution in [3.63, 3.8) is 0 Å². The van der Waals surface area contributed by atoms with Crippen molar-refractivity contribution in [2.45, 2.75) is 58.8 Å². The Labute approximate surface area is 197 Å². The van der Waals surface area contributed by atoms with Gasteiger partial charge in [-0.2, -0.15) is 0 Å². The van der Waals surface area contributed by atoms with Crippen LogP contribution in [0.3, 0.4) is 0 Å². The second-order valence-electron chi connectivity index (χ2n) is 8.24. The highest BCUT2D eigenvalue weighted by Gasteiger charge is 2.32. The second-order valence-corrected chi connectivity index (χ2v) is 8.24. The van der Waals surface area contributed by atoms with Crippen molar-refractivity contribution in [2.24, 2.45) is 4.99 Å². The lowest BCUT2D eigenvalue weighted by atomic mass is 9.78. The molecule has 5 heteroatoms. The number of ketones is 1. The summed E-state index contributed by atoms with van der Waals surface area (Å²) in [5, 5.41) is 10.6. The molecule has 0 saturated heterocycles. The van der Waals surface area contributed by atoms with Crippen LogP contribution >= 0.6 is 0 Å². The maximum Gasteiger partial charge on any atom is 0.168 e. The van der Waals surface area contributed by atoms with E-state index >= 15 is 0 Å². The molecule has 1 aliphatic rings. The molecule has 2 aromatic carbocycles. The van der Waals surface area contributed by atoms with Gasteiger partial charge in [-0.15, -0.1) is 0 Å². The monoisotopic (exact) mass is 449 g/mol. The number of carbonyl (C=O) groups excluding carboxylic acids is 1. The molecule has 3 rings (SSSR count). The lowest BCUT2D eigenvalue weighted by Crippen LogP contribution is -2.27. The number of aliphatic imine (C=N–C) groups is 1. The van der Waals surface area contributed by atoms with Crippen LogP contribution < -0.4 is 9.47 Å². The molecule has 0 spiro atoms. The molecular formula is C28H35NO4. The van der Waals surface area contributed by atoms with Gasteiger partial charge in [0.15, 0.2) is 17.3 Å². The number of hydrogen-bond donors (Lipinski definition) is 1. The van der Waals surface area contributed by atoms with Crippen LogP contribution in [0.1, 0.15) is 63.5 Å². The van der Waals surface area contributed by atoms with Crippen molar-refractivity contribution in [1.82, 2.24) is 0 Å². The highest BCUT2D eigenvalue weighted by Crippen LogP contribution is 2.34. The Morgan fingerprint density at radius 2 is 1.73 bits per heavy atom. The van der Waals surface area contributed by atoms with Crippen LogP contribution in [0.2, 0.25) is 0 Å². The molecule has 0 radical (unpaired) electrons. The summed E-state index contributed by atoms with van der Waals surface area (Å²) in [5.41, 5.74) is 3.39. The minimum absolute atomic E-state index is 0.0143. The Bertz CT molecular complexity index is 994. The van der Waals surface area contributed by atoms with E-state index in [-0.39, 0.29) is 17.5 Å². The SMILES string of the molecule is CCCC(O)=C1C(=O)C[C@@H](c2ccccc2)CC1=NCCc1ccc(OCC)c(OCC)c1. The fourth-order valence-corrected chi connectivity index (χ4v) is 4.26. The van der Waals surface area contributed by atoms with Gasteiger partial charge in [0, 0.05) is 25.1 Å². The molecule has 1 fully saturated rings. The highest BCUT2D eigenvalue weighted by molar-refractivity contribution is 6.24. The van der Waals surface area contributed by atoms with Gasteiger partial charge < -0.3 is 14.6 Å². The Balaban J connectivity index is 1.82. The summed E-state index contributed by atoms with van der Waals surface area (Å²) in [7, 11) is 0. The number of ether oxygens (including phenoxy) is 2. The average Bonchev–Trinajstić information content (AvgIpc) is 2.81. The number of hydrogen-bond acceptors (Lipinski definition) is 5. The molecule has 0 amide bonds. The zero-order chi connectivity index (χ0) is 23.6. The molecule has 1 atom stereocenters. The van der Waals surface area contributed by atoms with Crippen LogP contribution in [0.15, 0.2) is 64.9 Å². The third kappa shape index (κ3) is 6.47. The van der Waals surface area contributed by atoms with Gasteiger partial charge in [0.1, 0.15) is 5.76 Å². The molecule has 33 heavy (non-hydrogen) atoms. The van der Waals surface area contributed by atoms with E-state index in [1.807, 2.05) is 57.2 Å². The predicted octanol–water partition coefficient (Wildman–Crippen LogP) is 6.23. The third-order valence-corrected chi connectivity index (χ3v) is 5.80. The second kappa shape index (κ2) is 12.2. The summed E-state index contributed by atoms with van der Waals surface area (Å²) in [6.45, 7) is 7.59. The molecule has 0 aromatic heterocycles. The summed E-state index contributed by atoms with van der Waals surface area (Å²) in [5.74, 6) is 1.73. The zero-order valence-electron chi connectivity index (χ0n) is 20.0. The minimum atomic E-state index is -0.0143. The zero-order valence-corrected chi connectivity index (χ0v) is 20.0. The minimum Gasteiger partial charge on any atom is -0.511 e. The molecule has 176 valence electrons. The Morgan fingerprint density at radius 3 is 2.42 bits per heavy atom. The lowest BCUT2D eigenvalue weighted by molar-refractivity contribution is -0.116. The smallest absolute Gasteiger partial charge is 0.168 e. The van der Waals surface area contributed by atoms with E-state index in [9.17, 15) is 9.90 Å². The van der Waals surface area contributed by atoms with Gasteiger partial charge in [0.05, 0.1) is 18.8 Å². The molecule has 1 saturated carbocycles. The van der Waals surface area contributed by atoms with E-state index in [4.69, 9.17) is 14.5 Å². The molecule has 0 bridgehead atoms. The highest BCUT2D eigenvalue weighted by atomic mass is 16.5. The molecule has 2 aromatic rings. The van der Waals surface area contributed by atoms with Crippen LogP contribution in [-0.4, -0.2) is 36.4 Å². The van der Waals surface area contributed by atoms with Gasteiger partial charge in [-0.1, -0.05) is 43.3 Å². The fraction of sp³-hybridized carbons (Fsp3) is 0.429. The van der Waals surface area contributed by atoms with Crippen molar-refractivity contribution in [2.75, 3.05) is 19.8 Å². The first-order valence-corrected chi connectivity index (χ1v) is 12.0. The summed E-state index contributed by atoms with van der Waals surface area (Å²) >= 11 is 0. The summed E-state index contributed by atoms with van der Waals surface area (Å²) in [6, 6.07) is 16.1. The first-order chi connectivity index (χ1) is 16.1. The van der Waals surface area contributed by atoms with Crippen molar-refractivity contribution < 1.29 is 19.4 Å². The van der Waals surface area contributed by atoms with Gasteiger partial charge in [0.25, 0.3) is 0 Å². The first kappa shape index (κ1) is 24.6. The van der Waals surface area contributed by atoms with Gasteiger partial charge in [-0.25, -0.2) is 0 Å². The molecule has 0 aliphatic heterocycles. The van der Waals surface area contributed by atoms with Crippen LogP contribution in [-0.2, 0) is 11.2 Å². The molecule has 0 unspecified atom stereocenters. The van der Waals surface area contributed by atoms with E-state index in [2.05, 4.69) is 12.1 Å². The number of nitrogens with zero attached hydrogens (tertiary/aromatic N) is 1. The van der Waals surface area contributed by atoms with Crippen molar-refractivity contribution in [3.05, 3.63) is 71.0 Å². The van der Waals surface area contributed by atoms with Crippen molar-refractivity contribution in [3.8, 4) is 11.5 Å². The molecule has 5 nitrogen and oxygen atoms in total. The van der Waals surface area contributed by atoms with Crippen molar-refractivity contribution in [1.29, 1.82) is 0 Å². The number of benzene rings is 2. The average molecular weight is 450 g/mol. The number of allylic oxidation sites excluding steroid dienone is 2. The Morgan fingerprint density at radius 1 is 1.00 bits per heavy atom. The summed E-state index contributed by atoms with van der Waals surface area (Å²) in [4.78, 5) is 17.9. The Kier molecular flexibility index (Phi) is 9.11. The molecular weight excluding hydrogens is 414 g/mol.